The maximum Gasteiger partial charge on any atom is 0.191 e. The third kappa shape index (κ3) is 8.42. The zero-order valence-corrected chi connectivity index (χ0v) is 20.3. The summed E-state index contributed by atoms with van der Waals surface area (Å²) in [5.41, 5.74) is 0.0824. The molecule has 1 saturated heterocycles. The number of hydrogen-bond donors (Lipinski definition) is 2. The Labute approximate surface area is 190 Å². The van der Waals surface area contributed by atoms with Crippen LogP contribution >= 0.6 is 35.7 Å². The minimum atomic E-state index is -0.187. The van der Waals surface area contributed by atoms with Crippen molar-refractivity contribution in [2.75, 3.05) is 52.7 Å². The van der Waals surface area contributed by atoms with Crippen LogP contribution in [0.4, 0.5) is 4.39 Å². The molecule has 0 aliphatic carbocycles. The van der Waals surface area contributed by atoms with Crippen molar-refractivity contribution in [2.24, 2.45) is 4.99 Å². The lowest BCUT2D eigenvalue weighted by Crippen LogP contribution is -2.51. The Hall–Kier alpha value is -0.580. The van der Waals surface area contributed by atoms with Crippen molar-refractivity contribution >= 4 is 41.7 Å². The minimum Gasteiger partial charge on any atom is -0.381 e. The Morgan fingerprint density at radius 3 is 2.50 bits per heavy atom. The number of benzene rings is 1. The lowest BCUT2D eigenvalue weighted by atomic mass is 9.89. The van der Waals surface area contributed by atoms with Gasteiger partial charge in [-0.2, -0.15) is 0 Å². The zero-order chi connectivity index (χ0) is 19.5. The van der Waals surface area contributed by atoms with Crippen molar-refractivity contribution in [3.05, 3.63) is 30.1 Å². The van der Waals surface area contributed by atoms with Crippen LogP contribution in [0, 0.1) is 5.82 Å². The third-order valence-corrected chi connectivity index (χ3v) is 6.04. The molecule has 8 heteroatoms. The number of halogens is 2. The SMILES string of the molecule is CCNC(=NCC1(N(C)C)CCOCC1)NCCCSc1ccc(F)cc1.I. The number of nitrogens with zero attached hydrogens (tertiary/aromatic N) is 2. The van der Waals surface area contributed by atoms with Crippen LogP contribution in [0.2, 0.25) is 0 Å². The summed E-state index contributed by atoms with van der Waals surface area (Å²) in [7, 11) is 4.27. The summed E-state index contributed by atoms with van der Waals surface area (Å²) in [6, 6.07) is 6.67. The van der Waals surface area contributed by atoms with Gasteiger partial charge in [0.1, 0.15) is 5.82 Å². The van der Waals surface area contributed by atoms with Gasteiger partial charge in [-0.1, -0.05) is 0 Å². The van der Waals surface area contributed by atoms with Gasteiger partial charge >= 0.3 is 0 Å². The van der Waals surface area contributed by atoms with E-state index in [-0.39, 0.29) is 35.3 Å². The van der Waals surface area contributed by atoms with Gasteiger partial charge in [0, 0.05) is 36.7 Å². The summed E-state index contributed by atoms with van der Waals surface area (Å²) in [4.78, 5) is 8.24. The summed E-state index contributed by atoms with van der Waals surface area (Å²) in [6.45, 7) is 6.16. The fourth-order valence-corrected chi connectivity index (χ4v) is 3.92. The van der Waals surface area contributed by atoms with E-state index >= 15 is 0 Å². The number of nitrogens with one attached hydrogen (secondary N) is 2. The van der Waals surface area contributed by atoms with Gasteiger partial charge in [-0.3, -0.25) is 4.99 Å². The van der Waals surface area contributed by atoms with E-state index in [1.165, 1.54) is 12.1 Å². The highest BCUT2D eigenvalue weighted by Crippen LogP contribution is 2.26. The molecule has 0 spiro atoms. The molecule has 0 amide bonds. The first-order chi connectivity index (χ1) is 13.1. The first kappa shape index (κ1) is 25.5. The molecular formula is C20H34FIN4OS. The normalized spacial score (nSPS) is 16.5. The molecule has 28 heavy (non-hydrogen) atoms. The predicted octanol–water partition coefficient (Wildman–Crippen LogP) is 3.59. The van der Waals surface area contributed by atoms with E-state index in [1.807, 2.05) is 12.1 Å². The second-order valence-corrected chi connectivity index (χ2v) is 8.18. The number of thioether (sulfide) groups is 1. The van der Waals surface area contributed by atoms with Crippen molar-refractivity contribution in [1.82, 2.24) is 15.5 Å². The smallest absolute Gasteiger partial charge is 0.191 e. The highest BCUT2D eigenvalue weighted by atomic mass is 127. The van der Waals surface area contributed by atoms with Gasteiger partial charge in [0.15, 0.2) is 5.96 Å². The first-order valence-electron chi connectivity index (χ1n) is 9.71. The van der Waals surface area contributed by atoms with Gasteiger partial charge in [0.05, 0.1) is 6.54 Å². The van der Waals surface area contributed by atoms with Crippen molar-refractivity contribution in [2.45, 2.75) is 36.6 Å². The molecule has 0 bridgehead atoms. The summed E-state index contributed by atoms with van der Waals surface area (Å²) in [6.07, 6.45) is 3.04. The molecule has 160 valence electrons. The maximum atomic E-state index is 12.9. The minimum absolute atomic E-state index is 0. The Bertz CT molecular complexity index is 580. The van der Waals surface area contributed by atoms with Crippen molar-refractivity contribution in [3.8, 4) is 0 Å². The summed E-state index contributed by atoms with van der Waals surface area (Å²) in [5.74, 6) is 1.67. The van der Waals surface area contributed by atoms with E-state index in [0.717, 1.165) is 68.7 Å². The Morgan fingerprint density at radius 2 is 1.89 bits per heavy atom. The van der Waals surface area contributed by atoms with E-state index in [2.05, 4.69) is 36.6 Å². The first-order valence-corrected chi connectivity index (χ1v) is 10.7. The van der Waals surface area contributed by atoms with E-state index in [4.69, 9.17) is 9.73 Å². The molecule has 0 aromatic heterocycles. The molecule has 5 nitrogen and oxygen atoms in total. The van der Waals surface area contributed by atoms with Crippen LogP contribution < -0.4 is 10.6 Å². The second-order valence-electron chi connectivity index (χ2n) is 7.01. The fraction of sp³-hybridized carbons (Fsp3) is 0.650. The molecule has 0 atom stereocenters. The van der Waals surface area contributed by atoms with Crippen LogP contribution in [0.25, 0.3) is 0 Å². The number of hydrogen-bond acceptors (Lipinski definition) is 4. The molecule has 0 unspecified atom stereocenters. The van der Waals surface area contributed by atoms with Gasteiger partial charge in [0.25, 0.3) is 0 Å². The number of guanidine groups is 1. The number of ether oxygens (including phenoxy) is 1. The van der Waals surface area contributed by atoms with E-state index < -0.39 is 0 Å². The molecule has 0 radical (unpaired) electrons. The van der Waals surface area contributed by atoms with Crippen molar-refractivity contribution in [3.63, 3.8) is 0 Å². The highest BCUT2D eigenvalue weighted by Gasteiger charge is 2.34. The van der Waals surface area contributed by atoms with Crippen LogP contribution in [0.15, 0.2) is 34.2 Å². The topological polar surface area (TPSA) is 48.9 Å². The molecule has 1 aliphatic heterocycles. The van der Waals surface area contributed by atoms with Gasteiger partial charge in [-0.25, -0.2) is 4.39 Å². The van der Waals surface area contributed by atoms with E-state index in [1.54, 1.807) is 11.8 Å². The molecule has 0 saturated carbocycles. The average molecular weight is 524 g/mol. The van der Waals surface area contributed by atoms with E-state index in [0.29, 0.717) is 0 Å². The molecule has 2 N–H and O–H groups in total. The van der Waals surface area contributed by atoms with Gasteiger partial charge < -0.3 is 20.3 Å². The Morgan fingerprint density at radius 1 is 1.21 bits per heavy atom. The molecular weight excluding hydrogens is 490 g/mol. The number of rotatable bonds is 9. The lowest BCUT2D eigenvalue weighted by Gasteiger charge is -2.41. The van der Waals surface area contributed by atoms with Crippen LogP contribution in [0.3, 0.4) is 0 Å². The molecule has 1 aromatic carbocycles. The standard InChI is InChI=1S/C20H33FN4OS.HI/c1-4-22-19(24-16-20(25(2)3)10-13-26-14-11-20)23-12-5-15-27-18-8-6-17(21)7-9-18;/h6-9H,4-5,10-16H2,1-3H3,(H2,22,23,24);1H. The number of aliphatic imine (C=N–C) groups is 1. The largest absolute Gasteiger partial charge is 0.381 e. The monoisotopic (exact) mass is 524 g/mol. The third-order valence-electron chi connectivity index (χ3n) is 4.94. The molecule has 1 heterocycles. The fourth-order valence-electron chi connectivity index (χ4n) is 3.07. The number of likely N-dealkylation sites (N-methyl/N-ethyl adjacent to an activating group) is 1. The highest BCUT2D eigenvalue weighted by molar-refractivity contribution is 14.0. The molecule has 1 fully saturated rings. The second kappa shape index (κ2) is 13.6. The zero-order valence-electron chi connectivity index (χ0n) is 17.2. The molecule has 1 aliphatic rings. The van der Waals surface area contributed by atoms with E-state index in [9.17, 15) is 4.39 Å². The molecule has 1 aromatic rings. The van der Waals surface area contributed by atoms with Crippen molar-refractivity contribution in [1.29, 1.82) is 0 Å². The average Bonchev–Trinajstić information content (AvgIpc) is 2.68. The van der Waals surface area contributed by atoms with Gasteiger partial charge in [0.2, 0.25) is 0 Å². The quantitative estimate of drug-likeness (QED) is 0.170. The van der Waals surface area contributed by atoms with Gasteiger partial charge in [-0.05, 0) is 70.3 Å². The van der Waals surface area contributed by atoms with Crippen LogP contribution in [-0.2, 0) is 4.74 Å². The summed E-state index contributed by atoms with van der Waals surface area (Å²) in [5, 5.41) is 6.76. The summed E-state index contributed by atoms with van der Waals surface area (Å²) >= 11 is 1.75. The lowest BCUT2D eigenvalue weighted by molar-refractivity contribution is -0.00254. The Kier molecular flexibility index (Phi) is 12.4. The Balaban J connectivity index is 0.00000392. The van der Waals surface area contributed by atoms with Gasteiger partial charge in [-0.15, -0.1) is 35.7 Å². The van der Waals surface area contributed by atoms with Crippen LogP contribution in [0.1, 0.15) is 26.2 Å². The van der Waals surface area contributed by atoms with Crippen LogP contribution in [-0.4, -0.2) is 69.1 Å². The molecule has 2 rings (SSSR count). The van der Waals surface area contributed by atoms with Crippen molar-refractivity contribution < 1.29 is 9.13 Å². The predicted molar refractivity (Wildman–Crippen MR) is 128 cm³/mol. The summed E-state index contributed by atoms with van der Waals surface area (Å²) < 4.78 is 18.5. The van der Waals surface area contributed by atoms with Crippen LogP contribution in [0.5, 0.6) is 0 Å². The maximum absolute atomic E-state index is 12.9.